The van der Waals surface area contributed by atoms with Crippen LogP contribution in [0.25, 0.3) is 0 Å². The van der Waals surface area contributed by atoms with Gasteiger partial charge in [-0.15, -0.1) is 0 Å². The average Bonchev–Trinajstić information content (AvgIpc) is 1.59. The molecule has 0 aromatic heterocycles. The van der Waals surface area contributed by atoms with E-state index in [4.69, 9.17) is 0 Å². The fraction of sp³-hybridized carbons (Fsp3) is 0.833. The molecule has 0 amide bonds. The van der Waals surface area contributed by atoms with Crippen molar-refractivity contribution >= 4 is 6.47 Å². The Balaban J connectivity index is 0. The van der Waals surface area contributed by atoms with Crippen molar-refractivity contribution in [2.24, 2.45) is 5.41 Å². The fourth-order valence-electron chi connectivity index (χ4n) is 0.246. The molecule has 0 aliphatic rings. The second kappa shape index (κ2) is 5.37. The van der Waals surface area contributed by atoms with Crippen LogP contribution in [0.1, 0.15) is 20.8 Å². The second-order valence-electron chi connectivity index (χ2n) is 2.93. The molecule has 2 nitrogen and oxygen atoms in total. The van der Waals surface area contributed by atoms with E-state index in [1.807, 2.05) is 20.8 Å². The van der Waals surface area contributed by atoms with E-state index in [0.717, 1.165) is 0 Å². The van der Waals surface area contributed by atoms with Crippen LogP contribution >= 0.6 is 0 Å². The molecule has 0 aliphatic heterocycles. The Bertz CT molecular complexity index is 75.6. The minimum Gasteiger partial charge on any atom is -0.652 e. The zero-order chi connectivity index (χ0) is 6.62. The maximum Gasteiger partial charge on any atom is 0.0530 e. The van der Waals surface area contributed by atoms with Gasteiger partial charge in [-0.25, -0.2) is 0 Å². The minimum atomic E-state index is 0. The van der Waals surface area contributed by atoms with Crippen molar-refractivity contribution in [3.05, 3.63) is 0 Å². The first-order chi connectivity index (χ1) is 3.56. The molecule has 0 unspecified atom stereocenters. The SMILES string of the molecule is CC(C)(C)CO[C-]=O.[Y]. The molecule has 1 radical (unpaired) electrons. The third kappa shape index (κ3) is 11.9. The van der Waals surface area contributed by atoms with Crippen molar-refractivity contribution in [3.63, 3.8) is 0 Å². The van der Waals surface area contributed by atoms with Crippen LogP contribution in [0.5, 0.6) is 0 Å². The summed E-state index contributed by atoms with van der Waals surface area (Å²) in [6.07, 6.45) is 0. The minimum absolute atomic E-state index is 0. The molecule has 3 heteroatoms. The molecular weight excluding hydrogens is 193 g/mol. The summed E-state index contributed by atoms with van der Waals surface area (Å²) in [4.78, 5) is 9.50. The summed E-state index contributed by atoms with van der Waals surface area (Å²) in [7, 11) is 0. The van der Waals surface area contributed by atoms with Gasteiger partial charge in [0.1, 0.15) is 0 Å². The predicted octanol–water partition coefficient (Wildman–Crippen LogP) is 1.11. The van der Waals surface area contributed by atoms with E-state index in [-0.39, 0.29) is 38.1 Å². The fourth-order valence-corrected chi connectivity index (χ4v) is 0.246. The first kappa shape index (κ1) is 12.3. The summed E-state index contributed by atoms with van der Waals surface area (Å²) in [5.41, 5.74) is 0.0669. The van der Waals surface area contributed by atoms with E-state index >= 15 is 0 Å². The quantitative estimate of drug-likeness (QED) is 0.630. The third-order valence-electron chi connectivity index (χ3n) is 0.564. The molecule has 0 aromatic carbocycles. The van der Waals surface area contributed by atoms with Crippen LogP contribution in [-0.4, -0.2) is 13.1 Å². The first-order valence-corrected chi connectivity index (χ1v) is 2.55. The van der Waals surface area contributed by atoms with E-state index < -0.39 is 0 Å². The standard InChI is InChI=1S/C6H11O2.Y/c1-6(2,3)4-8-5-7;/h4H2,1-3H3;/q-1;. The van der Waals surface area contributed by atoms with Gasteiger partial charge in [-0.1, -0.05) is 27.2 Å². The smallest absolute Gasteiger partial charge is 0.0530 e. The van der Waals surface area contributed by atoms with Gasteiger partial charge in [-0.05, 0) is 5.41 Å². The van der Waals surface area contributed by atoms with Gasteiger partial charge >= 0.3 is 0 Å². The summed E-state index contributed by atoms with van der Waals surface area (Å²) in [6, 6.07) is 0. The largest absolute Gasteiger partial charge is 0.652 e. The van der Waals surface area contributed by atoms with Gasteiger partial charge in [-0.2, -0.15) is 0 Å². The summed E-state index contributed by atoms with van der Waals surface area (Å²) in [5.74, 6) is 0. The van der Waals surface area contributed by atoms with Crippen molar-refractivity contribution in [1.29, 1.82) is 0 Å². The van der Waals surface area contributed by atoms with Gasteiger partial charge in [0.25, 0.3) is 0 Å². The molecule has 0 aromatic rings. The number of ether oxygens (including phenoxy) is 1. The van der Waals surface area contributed by atoms with Gasteiger partial charge < -0.3 is 9.53 Å². The summed E-state index contributed by atoms with van der Waals surface area (Å²) >= 11 is 0. The molecular formula is C6H11O2Y-. The molecule has 51 valence electrons. The number of hydrogen-bond acceptors (Lipinski definition) is 2. The molecule has 0 saturated carbocycles. The number of hydrogen-bond donors (Lipinski definition) is 0. The number of rotatable bonds is 2. The third-order valence-corrected chi connectivity index (χ3v) is 0.564. The van der Waals surface area contributed by atoms with Gasteiger partial charge in [0, 0.05) is 32.7 Å². The van der Waals surface area contributed by atoms with Crippen molar-refractivity contribution in [1.82, 2.24) is 0 Å². The van der Waals surface area contributed by atoms with E-state index in [2.05, 4.69) is 4.74 Å². The van der Waals surface area contributed by atoms with Crippen LogP contribution in [0.4, 0.5) is 0 Å². The second-order valence-corrected chi connectivity index (χ2v) is 2.93. The average molecular weight is 204 g/mol. The molecule has 0 fully saturated rings. The van der Waals surface area contributed by atoms with Gasteiger partial charge in [0.15, 0.2) is 0 Å². The van der Waals surface area contributed by atoms with Crippen LogP contribution in [0, 0.1) is 5.41 Å². The van der Waals surface area contributed by atoms with E-state index in [1.54, 1.807) is 0 Å². The maximum atomic E-state index is 9.50. The molecule has 9 heavy (non-hydrogen) atoms. The molecule has 0 saturated heterocycles. The molecule has 0 rings (SSSR count). The van der Waals surface area contributed by atoms with Crippen LogP contribution < -0.4 is 0 Å². The molecule has 0 spiro atoms. The van der Waals surface area contributed by atoms with Crippen LogP contribution in [0.3, 0.4) is 0 Å². The Kier molecular flexibility index (Phi) is 7.31. The van der Waals surface area contributed by atoms with Gasteiger partial charge in [0.05, 0.1) is 6.61 Å². The summed E-state index contributed by atoms with van der Waals surface area (Å²) in [5, 5.41) is 0. The van der Waals surface area contributed by atoms with Crippen molar-refractivity contribution in [2.75, 3.05) is 6.61 Å². The Morgan fingerprint density at radius 2 is 1.89 bits per heavy atom. The van der Waals surface area contributed by atoms with Gasteiger partial charge in [0.2, 0.25) is 0 Å². The zero-order valence-electron chi connectivity index (χ0n) is 6.10. The van der Waals surface area contributed by atoms with Crippen molar-refractivity contribution < 1.29 is 42.2 Å². The van der Waals surface area contributed by atoms with E-state index in [0.29, 0.717) is 6.61 Å². The number of carbonyl (C=O) groups excluding carboxylic acids is 1. The Morgan fingerprint density at radius 3 is 2.00 bits per heavy atom. The summed E-state index contributed by atoms with van der Waals surface area (Å²) in [6.45, 7) is 7.79. The van der Waals surface area contributed by atoms with Crippen LogP contribution in [-0.2, 0) is 42.2 Å². The normalized spacial score (nSPS) is 9.67. The maximum absolute atomic E-state index is 9.50. The monoisotopic (exact) mass is 204 g/mol. The topological polar surface area (TPSA) is 26.3 Å². The van der Waals surface area contributed by atoms with E-state index in [1.165, 1.54) is 6.47 Å². The predicted molar refractivity (Wildman–Crippen MR) is 31.1 cm³/mol. The van der Waals surface area contributed by atoms with Gasteiger partial charge in [-0.3, -0.25) is 0 Å². The molecule has 0 heterocycles. The zero-order valence-corrected chi connectivity index (χ0v) is 8.94. The molecule has 0 atom stereocenters. The van der Waals surface area contributed by atoms with Crippen LogP contribution in [0.15, 0.2) is 0 Å². The Hall–Kier alpha value is 0.574. The van der Waals surface area contributed by atoms with Crippen molar-refractivity contribution in [3.8, 4) is 0 Å². The molecule has 0 bridgehead atoms. The molecule has 0 aliphatic carbocycles. The van der Waals surface area contributed by atoms with Crippen molar-refractivity contribution in [2.45, 2.75) is 20.8 Å². The Morgan fingerprint density at radius 1 is 1.44 bits per heavy atom. The van der Waals surface area contributed by atoms with Crippen LogP contribution in [0.2, 0.25) is 0 Å². The first-order valence-electron chi connectivity index (χ1n) is 2.55. The Labute approximate surface area is 81.2 Å². The van der Waals surface area contributed by atoms with E-state index in [9.17, 15) is 4.79 Å². The molecule has 0 N–H and O–H groups in total. The summed E-state index contributed by atoms with van der Waals surface area (Å²) < 4.78 is 4.39.